The van der Waals surface area contributed by atoms with Crippen LogP contribution >= 0.6 is 0 Å². The Bertz CT molecular complexity index is 1220. The zero-order chi connectivity index (χ0) is 23.6. The summed E-state index contributed by atoms with van der Waals surface area (Å²) < 4.78 is 0. The average molecular weight is 439 g/mol. The van der Waals surface area contributed by atoms with Crippen LogP contribution in [0.1, 0.15) is 84.5 Å². The fraction of sp³-hybridized carbons (Fsp3) is 0.276. The summed E-state index contributed by atoms with van der Waals surface area (Å²) in [5.74, 6) is -0.241. The third kappa shape index (κ3) is 4.95. The van der Waals surface area contributed by atoms with Crippen LogP contribution < -0.4 is 0 Å². The van der Waals surface area contributed by atoms with Gasteiger partial charge in [-0.15, -0.1) is 0 Å². The van der Waals surface area contributed by atoms with Gasteiger partial charge in [0, 0.05) is 12.4 Å². The maximum atomic E-state index is 11.1. The van der Waals surface area contributed by atoms with E-state index in [2.05, 4.69) is 61.9 Å². The lowest BCUT2D eigenvalue weighted by Gasteiger charge is -2.42. The highest BCUT2D eigenvalue weighted by atomic mass is 16.4. The molecule has 0 saturated carbocycles. The van der Waals surface area contributed by atoms with Crippen molar-refractivity contribution in [2.75, 3.05) is 0 Å². The van der Waals surface area contributed by atoms with Gasteiger partial charge in [0.15, 0.2) is 5.82 Å². The lowest BCUT2D eigenvalue weighted by atomic mass is 9.62. The van der Waals surface area contributed by atoms with E-state index in [0.717, 1.165) is 29.5 Å². The monoisotopic (exact) mass is 438 g/mol. The maximum absolute atomic E-state index is 11.1. The van der Waals surface area contributed by atoms with Crippen molar-refractivity contribution in [1.29, 1.82) is 0 Å². The summed E-state index contributed by atoms with van der Waals surface area (Å²) in [6.07, 6.45) is 14.0. The van der Waals surface area contributed by atoms with E-state index in [1.165, 1.54) is 11.1 Å². The molecule has 4 heteroatoms. The van der Waals surface area contributed by atoms with Crippen LogP contribution in [0.2, 0.25) is 0 Å². The van der Waals surface area contributed by atoms with Crippen molar-refractivity contribution in [2.24, 2.45) is 0 Å². The number of benzene rings is 2. The number of carboxylic acid groups (broad SMARTS) is 1. The number of rotatable bonds is 5. The lowest BCUT2D eigenvalue weighted by molar-refractivity contribution is 0.0697. The Morgan fingerprint density at radius 3 is 1.85 bits per heavy atom. The first kappa shape index (κ1) is 22.7. The minimum atomic E-state index is -0.916. The van der Waals surface area contributed by atoms with Crippen molar-refractivity contribution in [3.05, 3.63) is 94.1 Å². The van der Waals surface area contributed by atoms with E-state index in [1.54, 1.807) is 24.5 Å². The molecule has 0 atom stereocenters. The van der Waals surface area contributed by atoms with E-state index >= 15 is 0 Å². The zero-order valence-electron chi connectivity index (χ0n) is 19.7. The highest BCUT2D eigenvalue weighted by Crippen LogP contribution is 2.47. The molecule has 0 aliphatic heterocycles. The summed E-state index contributed by atoms with van der Waals surface area (Å²) in [5, 5.41) is 9.14. The van der Waals surface area contributed by atoms with E-state index < -0.39 is 5.97 Å². The molecular formula is C29H30N2O2. The normalized spacial score (nSPS) is 16.7. The van der Waals surface area contributed by atoms with Gasteiger partial charge >= 0.3 is 5.97 Å². The molecule has 4 nitrogen and oxygen atoms in total. The van der Waals surface area contributed by atoms with Crippen LogP contribution in [0.3, 0.4) is 0 Å². The van der Waals surface area contributed by atoms with Crippen molar-refractivity contribution in [3.63, 3.8) is 0 Å². The Morgan fingerprint density at radius 2 is 1.33 bits per heavy atom. The van der Waals surface area contributed by atoms with Gasteiger partial charge in [-0.25, -0.2) is 14.8 Å². The second-order valence-corrected chi connectivity index (χ2v) is 10.00. The minimum absolute atomic E-state index is 0.112. The van der Waals surface area contributed by atoms with Crippen LogP contribution in [-0.4, -0.2) is 21.0 Å². The quantitative estimate of drug-likeness (QED) is 0.442. The number of hydrogen-bond donors (Lipinski definition) is 1. The third-order valence-electron chi connectivity index (χ3n) is 6.67. The molecule has 1 N–H and O–H groups in total. The van der Waals surface area contributed by atoms with Crippen LogP contribution in [-0.2, 0) is 10.8 Å². The molecule has 1 aliphatic carbocycles. The highest BCUT2D eigenvalue weighted by molar-refractivity contribution is 5.88. The van der Waals surface area contributed by atoms with Crippen LogP contribution in [0.25, 0.3) is 24.3 Å². The third-order valence-corrected chi connectivity index (χ3v) is 6.67. The maximum Gasteiger partial charge on any atom is 0.335 e. The van der Waals surface area contributed by atoms with Gasteiger partial charge in [0.25, 0.3) is 0 Å². The molecule has 2 aromatic carbocycles. The Hall–Kier alpha value is -3.53. The van der Waals surface area contributed by atoms with Crippen molar-refractivity contribution < 1.29 is 9.90 Å². The smallest absolute Gasteiger partial charge is 0.335 e. The van der Waals surface area contributed by atoms with Gasteiger partial charge in [-0.1, -0.05) is 70.2 Å². The molecule has 1 aromatic heterocycles. The molecule has 1 heterocycles. The number of aromatic carboxylic acids is 1. The van der Waals surface area contributed by atoms with Crippen LogP contribution in [0.15, 0.2) is 54.9 Å². The Morgan fingerprint density at radius 1 is 0.818 bits per heavy atom. The summed E-state index contributed by atoms with van der Waals surface area (Å²) in [4.78, 5) is 19.8. The topological polar surface area (TPSA) is 63.1 Å². The molecule has 0 radical (unpaired) electrons. The van der Waals surface area contributed by atoms with Crippen molar-refractivity contribution in [1.82, 2.24) is 9.97 Å². The predicted molar refractivity (Wildman–Crippen MR) is 135 cm³/mol. The molecule has 3 aromatic rings. The summed E-state index contributed by atoms with van der Waals surface area (Å²) in [7, 11) is 0. The van der Waals surface area contributed by atoms with E-state index in [4.69, 9.17) is 5.11 Å². The molecule has 0 spiro atoms. The van der Waals surface area contributed by atoms with Gasteiger partial charge in [-0.3, -0.25) is 0 Å². The molecule has 1 aliphatic rings. The fourth-order valence-corrected chi connectivity index (χ4v) is 4.42. The van der Waals surface area contributed by atoms with Gasteiger partial charge < -0.3 is 5.11 Å². The zero-order valence-corrected chi connectivity index (χ0v) is 19.7. The van der Waals surface area contributed by atoms with Gasteiger partial charge in [0.05, 0.1) is 5.56 Å². The van der Waals surface area contributed by atoms with E-state index in [-0.39, 0.29) is 16.4 Å². The Labute approximate surface area is 195 Å². The number of nitrogens with zero attached hydrogens (tertiary/aromatic N) is 2. The van der Waals surface area contributed by atoms with Crippen molar-refractivity contribution >= 4 is 30.3 Å². The van der Waals surface area contributed by atoms with Crippen LogP contribution in [0.5, 0.6) is 0 Å². The first-order valence-electron chi connectivity index (χ1n) is 11.3. The van der Waals surface area contributed by atoms with Gasteiger partial charge in [0.1, 0.15) is 0 Å². The van der Waals surface area contributed by atoms with E-state index in [1.807, 2.05) is 30.4 Å². The number of hydrogen-bond acceptors (Lipinski definition) is 3. The van der Waals surface area contributed by atoms with E-state index in [0.29, 0.717) is 5.82 Å². The van der Waals surface area contributed by atoms with Gasteiger partial charge in [-0.2, -0.15) is 0 Å². The number of aromatic nitrogens is 2. The second-order valence-electron chi connectivity index (χ2n) is 10.00. The first-order valence-corrected chi connectivity index (χ1v) is 11.3. The number of carboxylic acids is 1. The standard InChI is InChI=1S/C29H30N2O2/c1-28(2)14-15-29(3,4)25-19-23(12-13-26-30-16-5-17-31-26)22(18-24(25)28)11-8-20-6-9-21(10-7-20)27(32)33/h5-13,16-19H,14-15H2,1-4H3,(H,32,33). The summed E-state index contributed by atoms with van der Waals surface area (Å²) in [6.45, 7) is 9.31. The molecule has 168 valence electrons. The highest BCUT2D eigenvalue weighted by Gasteiger charge is 2.37. The SMILES string of the molecule is CC1(C)CCC(C)(C)c2cc(C=Cc3ncccn3)c(C=Cc3ccc(C(=O)O)cc3)cc21. The predicted octanol–water partition coefficient (Wildman–Crippen LogP) is 6.86. The summed E-state index contributed by atoms with van der Waals surface area (Å²) in [5.41, 5.74) is 6.50. The molecule has 0 fully saturated rings. The Balaban J connectivity index is 1.79. The number of fused-ring (bicyclic) bond motifs is 1. The summed E-state index contributed by atoms with van der Waals surface area (Å²) in [6, 6.07) is 13.4. The molecule has 0 bridgehead atoms. The number of carbonyl (C=O) groups is 1. The molecular weight excluding hydrogens is 408 g/mol. The minimum Gasteiger partial charge on any atom is -0.478 e. The summed E-state index contributed by atoms with van der Waals surface area (Å²) >= 11 is 0. The molecule has 0 amide bonds. The fourth-order valence-electron chi connectivity index (χ4n) is 4.42. The molecule has 0 unspecified atom stereocenters. The lowest BCUT2D eigenvalue weighted by Crippen LogP contribution is -2.34. The second kappa shape index (κ2) is 8.78. The van der Waals surface area contributed by atoms with Gasteiger partial charge in [0.2, 0.25) is 0 Å². The molecule has 4 rings (SSSR count). The van der Waals surface area contributed by atoms with Crippen molar-refractivity contribution in [3.8, 4) is 0 Å². The van der Waals surface area contributed by atoms with Crippen LogP contribution in [0, 0.1) is 0 Å². The molecule has 0 saturated heterocycles. The Kier molecular flexibility index (Phi) is 6.03. The van der Waals surface area contributed by atoms with Gasteiger partial charge in [-0.05, 0) is 75.8 Å². The first-order chi connectivity index (χ1) is 15.7. The van der Waals surface area contributed by atoms with Crippen molar-refractivity contribution in [2.45, 2.75) is 51.4 Å². The van der Waals surface area contributed by atoms with E-state index in [9.17, 15) is 4.79 Å². The largest absolute Gasteiger partial charge is 0.478 e. The average Bonchev–Trinajstić information content (AvgIpc) is 2.80. The molecule has 33 heavy (non-hydrogen) atoms. The van der Waals surface area contributed by atoms with Crippen LogP contribution in [0.4, 0.5) is 0 Å².